The number of carbonyl (C=O) groups excluding carboxylic acids is 4. The summed E-state index contributed by atoms with van der Waals surface area (Å²) >= 11 is 25.1. The average Bonchev–Trinajstić information content (AvgIpc) is 2.75. The smallest absolute Gasteiger partial charge is 0.300 e. The van der Waals surface area contributed by atoms with E-state index in [1.54, 1.807) is 24.3 Å². The molecule has 33 heavy (non-hydrogen) atoms. The summed E-state index contributed by atoms with van der Waals surface area (Å²) in [5, 5.41) is 1.15. The monoisotopic (exact) mass is 526 g/mol. The lowest BCUT2D eigenvalue weighted by Gasteiger charge is -2.52. The van der Waals surface area contributed by atoms with Gasteiger partial charge in [-0.3, -0.25) is 24.2 Å². The molecule has 0 N–H and O–H groups in total. The summed E-state index contributed by atoms with van der Waals surface area (Å²) in [7, 11) is 2.62. The predicted molar refractivity (Wildman–Crippen MR) is 126 cm³/mol. The van der Waals surface area contributed by atoms with Gasteiger partial charge in [-0.05, 0) is 35.4 Å². The SMILES string of the molecule is CN1C(=O)N(C)C(=O)C2(C1=O)C(c1ccc(Cl)cc1Cl)CC(=O)CC2c1ccc(Cl)cc1Cl. The molecule has 1 aliphatic heterocycles. The molecule has 2 aliphatic rings. The zero-order chi connectivity index (χ0) is 24.2. The molecule has 2 atom stereocenters. The van der Waals surface area contributed by atoms with Crippen LogP contribution in [0.25, 0.3) is 0 Å². The van der Waals surface area contributed by atoms with E-state index in [1.165, 1.54) is 26.2 Å². The van der Waals surface area contributed by atoms with Gasteiger partial charge in [0.15, 0.2) is 0 Å². The Kier molecular flexibility index (Phi) is 6.25. The number of rotatable bonds is 2. The van der Waals surface area contributed by atoms with Crippen molar-refractivity contribution in [3.05, 3.63) is 67.6 Å². The molecule has 2 unspecified atom stereocenters. The minimum atomic E-state index is -1.83. The predicted octanol–water partition coefficient (Wildman–Crippen LogP) is 5.57. The molecule has 1 spiro atoms. The van der Waals surface area contributed by atoms with Gasteiger partial charge in [0.2, 0.25) is 11.8 Å². The number of amides is 4. The third-order valence-corrected chi connectivity index (χ3v) is 7.65. The Morgan fingerprint density at radius 2 is 1.12 bits per heavy atom. The molecule has 1 aliphatic carbocycles. The third-order valence-electron chi connectivity index (χ3n) is 6.53. The third kappa shape index (κ3) is 3.64. The van der Waals surface area contributed by atoms with E-state index in [2.05, 4.69) is 0 Å². The van der Waals surface area contributed by atoms with Crippen LogP contribution >= 0.6 is 46.4 Å². The molecule has 0 bridgehead atoms. The first-order valence-corrected chi connectivity index (χ1v) is 11.5. The zero-order valence-electron chi connectivity index (χ0n) is 17.6. The minimum absolute atomic E-state index is 0.115. The molecule has 6 nitrogen and oxygen atoms in total. The highest BCUT2D eigenvalue weighted by Gasteiger charge is 2.66. The number of ketones is 1. The summed E-state index contributed by atoms with van der Waals surface area (Å²) in [4.78, 5) is 55.2. The molecule has 2 aromatic carbocycles. The quantitative estimate of drug-likeness (QED) is 0.478. The number of hydrogen-bond donors (Lipinski definition) is 0. The molecule has 2 fully saturated rings. The average molecular weight is 528 g/mol. The van der Waals surface area contributed by atoms with Crippen molar-refractivity contribution in [1.29, 1.82) is 0 Å². The summed E-state index contributed by atoms with van der Waals surface area (Å²) in [6.45, 7) is 0. The first-order valence-electron chi connectivity index (χ1n) is 10.0. The molecule has 10 heteroatoms. The number of urea groups is 1. The Morgan fingerprint density at radius 1 is 0.727 bits per heavy atom. The molecule has 0 radical (unpaired) electrons. The number of nitrogens with zero attached hydrogens (tertiary/aromatic N) is 2. The molecule has 2 aromatic rings. The van der Waals surface area contributed by atoms with Crippen LogP contribution in [0.1, 0.15) is 35.8 Å². The number of carbonyl (C=O) groups is 4. The topological polar surface area (TPSA) is 74.8 Å². The second-order valence-electron chi connectivity index (χ2n) is 8.26. The second kappa shape index (κ2) is 8.58. The Labute approximate surface area is 210 Å². The molecule has 1 saturated carbocycles. The fourth-order valence-corrected chi connectivity index (χ4v) is 6.10. The van der Waals surface area contributed by atoms with Crippen molar-refractivity contribution in [2.45, 2.75) is 24.7 Å². The Balaban J connectivity index is 2.05. The van der Waals surface area contributed by atoms with Gasteiger partial charge in [0.25, 0.3) is 0 Å². The summed E-state index contributed by atoms with van der Waals surface area (Å²) in [6, 6.07) is 8.60. The first kappa shape index (κ1) is 24.0. The molecule has 4 rings (SSSR count). The van der Waals surface area contributed by atoms with Crippen molar-refractivity contribution in [1.82, 2.24) is 9.80 Å². The van der Waals surface area contributed by atoms with E-state index in [0.29, 0.717) is 21.2 Å². The molecule has 4 amide bonds. The lowest BCUT2D eigenvalue weighted by atomic mass is 9.54. The van der Waals surface area contributed by atoms with Crippen molar-refractivity contribution in [2.24, 2.45) is 5.41 Å². The fourth-order valence-electron chi connectivity index (χ4n) is 5.02. The van der Waals surface area contributed by atoms with Gasteiger partial charge in [0.1, 0.15) is 11.2 Å². The van der Waals surface area contributed by atoms with Crippen molar-refractivity contribution < 1.29 is 19.2 Å². The number of Topliss-reactive ketones (excluding diaryl/α,β-unsaturated/α-hetero) is 1. The van der Waals surface area contributed by atoms with Crippen LogP contribution < -0.4 is 0 Å². The van der Waals surface area contributed by atoms with E-state index in [9.17, 15) is 19.2 Å². The Hall–Kier alpha value is -2.12. The minimum Gasteiger partial charge on any atom is -0.300 e. The normalized spacial score (nSPS) is 23.0. The highest BCUT2D eigenvalue weighted by molar-refractivity contribution is 6.36. The zero-order valence-corrected chi connectivity index (χ0v) is 20.6. The summed E-state index contributed by atoms with van der Waals surface area (Å²) in [5.74, 6) is -3.49. The first-order chi connectivity index (χ1) is 15.5. The fraction of sp³-hybridized carbons (Fsp3) is 0.304. The molecule has 1 heterocycles. The number of halogens is 4. The van der Waals surface area contributed by atoms with Crippen LogP contribution in [0.5, 0.6) is 0 Å². The van der Waals surface area contributed by atoms with Crippen molar-refractivity contribution >= 4 is 70.0 Å². The van der Waals surface area contributed by atoms with E-state index in [0.717, 1.165) is 9.80 Å². The Morgan fingerprint density at radius 3 is 1.48 bits per heavy atom. The van der Waals surface area contributed by atoms with Crippen LogP contribution in [0.3, 0.4) is 0 Å². The van der Waals surface area contributed by atoms with Gasteiger partial charge in [-0.2, -0.15) is 0 Å². The van der Waals surface area contributed by atoms with Crippen LogP contribution in [-0.4, -0.2) is 47.5 Å². The van der Waals surface area contributed by atoms with Gasteiger partial charge < -0.3 is 0 Å². The maximum Gasteiger partial charge on any atom is 0.332 e. The molecule has 172 valence electrons. The highest BCUT2D eigenvalue weighted by Crippen LogP contribution is 2.59. The van der Waals surface area contributed by atoms with Crippen LogP contribution in [0.15, 0.2) is 36.4 Å². The van der Waals surface area contributed by atoms with E-state index >= 15 is 0 Å². The van der Waals surface area contributed by atoms with Crippen LogP contribution in [0.4, 0.5) is 4.79 Å². The highest BCUT2D eigenvalue weighted by atomic mass is 35.5. The standard InChI is InChI=1S/C23H18Cl4N2O4/c1-28-20(31)23(21(32)29(2)22(28)33)16(14-5-3-11(24)7-18(14)26)9-13(30)10-17(23)15-6-4-12(25)8-19(15)27/h3-8,16-17H,9-10H2,1-2H3. The lowest BCUT2D eigenvalue weighted by Crippen LogP contribution is -2.68. The van der Waals surface area contributed by atoms with E-state index in [1.807, 2.05) is 0 Å². The molecule has 0 aromatic heterocycles. The largest absolute Gasteiger partial charge is 0.332 e. The number of hydrogen-bond acceptors (Lipinski definition) is 4. The van der Waals surface area contributed by atoms with Crippen molar-refractivity contribution in [2.75, 3.05) is 14.1 Å². The van der Waals surface area contributed by atoms with Gasteiger partial charge in [-0.15, -0.1) is 0 Å². The van der Waals surface area contributed by atoms with Crippen LogP contribution in [-0.2, 0) is 14.4 Å². The number of benzene rings is 2. The molecule has 1 saturated heterocycles. The lowest BCUT2D eigenvalue weighted by molar-refractivity contribution is -0.163. The maximum atomic E-state index is 13.9. The maximum absolute atomic E-state index is 13.9. The number of imide groups is 2. The molecular weight excluding hydrogens is 510 g/mol. The van der Waals surface area contributed by atoms with Gasteiger partial charge >= 0.3 is 6.03 Å². The van der Waals surface area contributed by atoms with E-state index < -0.39 is 35.1 Å². The molecular formula is C23H18Cl4N2O4. The van der Waals surface area contributed by atoms with Gasteiger partial charge in [0, 0.05) is 58.9 Å². The van der Waals surface area contributed by atoms with Crippen LogP contribution in [0.2, 0.25) is 20.1 Å². The van der Waals surface area contributed by atoms with Gasteiger partial charge in [-0.1, -0.05) is 58.5 Å². The summed E-state index contributed by atoms with van der Waals surface area (Å²) in [5.41, 5.74) is -0.996. The number of barbiturate groups is 1. The van der Waals surface area contributed by atoms with Crippen molar-refractivity contribution in [3.63, 3.8) is 0 Å². The van der Waals surface area contributed by atoms with Crippen LogP contribution in [0, 0.1) is 5.41 Å². The van der Waals surface area contributed by atoms with Gasteiger partial charge in [0.05, 0.1) is 0 Å². The summed E-state index contributed by atoms with van der Waals surface area (Å²) < 4.78 is 0. The Bertz CT molecular complexity index is 1130. The van der Waals surface area contributed by atoms with Gasteiger partial charge in [-0.25, -0.2) is 4.79 Å². The second-order valence-corrected chi connectivity index (χ2v) is 9.95. The van der Waals surface area contributed by atoms with E-state index in [4.69, 9.17) is 46.4 Å². The van der Waals surface area contributed by atoms with E-state index in [-0.39, 0.29) is 28.7 Å². The van der Waals surface area contributed by atoms with Crippen molar-refractivity contribution in [3.8, 4) is 0 Å². The summed E-state index contributed by atoms with van der Waals surface area (Å²) in [6.07, 6.45) is -0.229.